The molecule has 3 heteroatoms. The van der Waals surface area contributed by atoms with Crippen LogP contribution in [0.3, 0.4) is 0 Å². The molecule has 1 aromatic rings. The molecule has 114 valence electrons. The molecular weight excluding hydrogens is 312 g/mol. The number of rotatable bonds is 8. The Kier molecular flexibility index (Phi) is 7.60. The summed E-state index contributed by atoms with van der Waals surface area (Å²) in [7, 11) is 0. The maximum atomic E-state index is 5.64. The SMILES string of the molecule is CCC(CC)N(CC(C)C)c1ccc(CCN)cc1Br. The van der Waals surface area contributed by atoms with E-state index in [2.05, 4.69) is 66.7 Å². The summed E-state index contributed by atoms with van der Waals surface area (Å²) < 4.78 is 1.19. The van der Waals surface area contributed by atoms with Crippen molar-refractivity contribution in [3.8, 4) is 0 Å². The molecule has 1 aromatic carbocycles. The van der Waals surface area contributed by atoms with Crippen molar-refractivity contribution in [2.24, 2.45) is 11.7 Å². The Balaban J connectivity index is 3.06. The van der Waals surface area contributed by atoms with E-state index < -0.39 is 0 Å². The molecule has 0 aliphatic heterocycles. The summed E-state index contributed by atoms with van der Waals surface area (Å²) in [5.41, 5.74) is 8.26. The van der Waals surface area contributed by atoms with Crippen molar-refractivity contribution in [2.75, 3.05) is 18.0 Å². The zero-order valence-corrected chi connectivity index (χ0v) is 14.9. The van der Waals surface area contributed by atoms with Gasteiger partial charge >= 0.3 is 0 Å². The number of nitrogens with zero attached hydrogens (tertiary/aromatic N) is 1. The quantitative estimate of drug-likeness (QED) is 0.749. The summed E-state index contributed by atoms with van der Waals surface area (Å²) in [4.78, 5) is 2.56. The highest BCUT2D eigenvalue weighted by molar-refractivity contribution is 9.10. The van der Waals surface area contributed by atoms with Crippen LogP contribution >= 0.6 is 15.9 Å². The average Bonchev–Trinajstić information content (AvgIpc) is 2.39. The van der Waals surface area contributed by atoms with Crippen LogP contribution in [0, 0.1) is 5.92 Å². The molecule has 0 bridgehead atoms. The summed E-state index contributed by atoms with van der Waals surface area (Å²) in [5.74, 6) is 0.659. The van der Waals surface area contributed by atoms with Gasteiger partial charge in [0.05, 0.1) is 5.69 Å². The van der Waals surface area contributed by atoms with Gasteiger partial charge in [-0.2, -0.15) is 0 Å². The van der Waals surface area contributed by atoms with Crippen LogP contribution in [0.5, 0.6) is 0 Å². The number of hydrogen-bond donors (Lipinski definition) is 1. The Labute approximate surface area is 132 Å². The van der Waals surface area contributed by atoms with Crippen molar-refractivity contribution in [1.82, 2.24) is 0 Å². The highest BCUT2D eigenvalue weighted by atomic mass is 79.9. The fourth-order valence-corrected chi connectivity index (χ4v) is 3.33. The van der Waals surface area contributed by atoms with E-state index >= 15 is 0 Å². The molecule has 0 aromatic heterocycles. The zero-order valence-electron chi connectivity index (χ0n) is 13.3. The molecule has 0 fully saturated rings. The van der Waals surface area contributed by atoms with Gasteiger partial charge in [0.15, 0.2) is 0 Å². The third-order valence-corrected chi connectivity index (χ3v) is 4.33. The van der Waals surface area contributed by atoms with E-state index in [1.54, 1.807) is 0 Å². The summed E-state index contributed by atoms with van der Waals surface area (Å²) in [5, 5.41) is 0. The van der Waals surface area contributed by atoms with E-state index in [4.69, 9.17) is 5.73 Å². The Morgan fingerprint density at radius 3 is 2.30 bits per heavy atom. The largest absolute Gasteiger partial charge is 0.367 e. The summed E-state index contributed by atoms with van der Waals surface area (Å²) in [6.07, 6.45) is 3.30. The molecule has 2 N–H and O–H groups in total. The van der Waals surface area contributed by atoms with Crippen LogP contribution < -0.4 is 10.6 Å². The van der Waals surface area contributed by atoms with Gasteiger partial charge in [0.25, 0.3) is 0 Å². The van der Waals surface area contributed by atoms with Gasteiger partial charge in [-0.25, -0.2) is 0 Å². The smallest absolute Gasteiger partial charge is 0.0513 e. The molecule has 0 heterocycles. The van der Waals surface area contributed by atoms with Gasteiger partial charge in [-0.1, -0.05) is 33.8 Å². The van der Waals surface area contributed by atoms with Crippen molar-refractivity contribution in [3.63, 3.8) is 0 Å². The van der Waals surface area contributed by atoms with Crippen molar-refractivity contribution in [1.29, 1.82) is 0 Å². The lowest BCUT2D eigenvalue weighted by atomic mass is 10.0. The van der Waals surface area contributed by atoms with Crippen LogP contribution in [0.1, 0.15) is 46.1 Å². The zero-order chi connectivity index (χ0) is 15.1. The van der Waals surface area contributed by atoms with Gasteiger partial charge in [-0.15, -0.1) is 0 Å². The van der Waals surface area contributed by atoms with Gasteiger partial charge in [0, 0.05) is 17.1 Å². The third-order valence-electron chi connectivity index (χ3n) is 3.70. The summed E-state index contributed by atoms with van der Waals surface area (Å²) >= 11 is 3.75. The Morgan fingerprint density at radius 1 is 1.20 bits per heavy atom. The van der Waals surface area contributed by atoms with E-state index in [0.717, 1.165) is 13.0 Å². The first-order valence-corrected chi connectivity index (χ1v) is 8.57. The highest BCUT2D eigenvalue weighted by Crippen LogP contribution is 2.31. The van der Waals surface area contributed by atoms with Gasteiger partial charge in [-0.3, -0.25) is 0 Å². The highest BCUT2D eigenvalue weighted by Gasteiger charge is 2.19. The van der Waals surface area contributed by atoms with Gasteiger partial charge in [0.1, 0.15) is 0 Å². The number of hydrogen-bond acceptors (Lipinski definition) is 2. The van der Waals surface area contributed by atoms with E-state index in [-0.39, 0.29) is 0 Å². The minimum absolute atomic E-state index is 0.606. The lowest BCUT2D eigenvalue weighted by Gasteiger charge is -2.35. The molecule has 0 amide bonds. The average molecular weight is 341 g/mol. The van der Waals surface area contributed by atoms with E-state index in [1.165, 1.54) is 28.6 Å². The minimum atomic E-state index is 0.606. The van der Waals surface area contributed by atoms with Gasteiger partial charge in [0.2, 0.25) is 0 Å². The summed E-state index contributed by atoms with van der Waals surface area (Å²) in [6.45, 7) is 10.9. The number of benzene rings is 1. The van der Waals surface area contributed by atoms with Crippen molar-refractivity contribution >= 4 is 21.6 Å². The normalized spacial score (nSPS) is 11.4. The van der Waals surface area contributed by atoms with E-state index in [9.17, 15) is 0 Å². The maximum absolute atomic E-state index is 5.64. The molecule has 0 aliphatic carbocycles. The third kappa shape index (κ3) is 4.78. The molecule has 0 aliphatic rings. The molecular formula is C17H29BrN2. The molecule has 0 unspecified atom stereocenters. The second-order valence-electron chi connectivity index (χ2n) is 5.84. The topological polar surface area (TPSA) is 29.3 Å². The lowest BCUT2D eigenvalue weighted by molar-refractivity contribution is 0.507. The predicted molar refractivity (Wildman–Crippen MR) is 93.5 cm³/mol. The van der Waals surface area contributed by atoms with Crippen LogP contribution in [0.4, 0.5) is 5.69 Å². The van der Waals surface area contributed by atoms with Crippen molar-refractivity contribution < 1.29 is 0 Å². The Bertz CT molecular complexity index is 400. The molecule has 0 saturated heterocycles. The fourth-order valence-electron chi connectivity index (χ4n) is 2.67. The first-order chi connectivity index (χ1) is 9.53. The predicted octanol–water partition coefficient (Wildman–Crippen LogP) is 4.60. The van der Waals surface area contributed by atoms with Gasteiger partial charge in [-0.05, 0) is 65.4 Å². The van der Waals surface area contributed by atoms with Crippen LogP contribution in [0.25, 0.3) is 0 Å². The van der Waals surface area contributed by atoms with E-state index in [0.29, 0.717) is 18.5 Å². The standard InChI is InChI=1S/C17H29BrN2/c1-5-15(6-2)20(12-13(3)4)17-8-7-14(9-10-19)11-16(17)18/h7-8,11,13,15H,5-6,9-10,12,19H2,1-4H3. The van der Waals surface area contributed by atoms with Crippen LogP contribution in [0.2, 0.25) is 0 Å². The molecule has 0 radical (unpaired) electrons. The molecule has 1 rings (SSSR count). The molecule has 20 heavy (non-hydrogen) atoms. The minimum Gasteiger partial charge on any atom is -0.367 e. The second kappa shape index (κ2) is 8.68. The second-order valence-corrected chi connectivity index (χ2v) is 6.70. The lowest BCUT2D eigenvalue weighted by Crippen LogP contribution is -2.37. The monoisotopic (exact) mass is 340 g/mol. The molecule has 0 atom stereocenters. The van der Waals surface area contributed by atoms with Crippen LogP contribution in [-0.2, 0) is 6.42 Å². The molecule has 0 spiro atoms. The number of anilines is 1. The van der Waals surface area contributed by atoms with Crippen molar-refractivity contribution in [2.45, 2.75) is 53.0 Å². The maximum Gasteiger partial charge on any atom is 0.0513 e. The number of halogens is 1. The van der Waals surface area contributed by atoms with Crippen LogP contribution in [0.15, 0.2) is 22.7 Å². The fraction of sp³-hybridized carbons (Fsp3) is 0.647. The Morgan fingerprint density at radius 2 is 1.85 bits per heavy atom. The van der Waals surface area contributed by atoms with E-state index in [1.807, 2.05) is 0 Å². The first-order valence-electron chi connectivity index (χ1n) is 7.78. The summed E-state index contributed by atoms with van der Waals surface area (Å²) in [6, 6.07) is 7.28. The molecule has 2 nitrogen and oxygen atoms in total. The Hall–Kier alpha value is -0.540. The number of nitrogens with two attached hydrogens (primary N) is 1. The van der Waals surface area contributed by atoms with Crippen molar-refractivity contribution in [3.05, 3.63) is 28.2 Å². The van der Waals surface area contributed by atoms with Crippen LogP contribution in [-0.4, -0.2) is 19.1 Å². The van der Waals surface area contributed by atoms with Gasteiger partial charge < -0.3 is 10.6 Å². The first kappa shape index (κ1) is 17.5. The molecule has 0 saturated carbocycles.